The fourth-order valence-electron chi connectivity index (χ4n) is 4.32. The Morgan fingerprint density at radius 2 is 1.73 bits per heavy atom. The van der Waals surface area contributed by atoms with Crippen molar-refractivity contribution in [2.24, 2.45) is 5.41 Å². The second kappa shape index (κ2) is 8.67. The van der Waals surface area contributed by atoms with Gasteiger partial charge in [0.1, 0.15) is 10.7 Å². The summed E-state index contributed by atoms with van der Waals surface area (Å²) in [4.78, 5) is 8.54. The maximum atomic E-state index is 13.3. The number of alkyl halides is 2. The lowest BCUT2D eigenvalue weighted by atomic mass is 9.94. The molecule has 1 aromatic heterocycles. The average molecular weight is 445 g/mol. The summed E-state index contributed by atoms with van der Waals surface area (Å²) >= 11 is 0. The molecule has 0 amide bonds. The van der Waals surface area contributed by atoms with E-state index >= 15 is 0 Å². The summed E-state index contributed by atoms with van der Waals surface area (Å²) in [6.07, 6.45) is 2.56. The van der Waals surface area contributed by atoms with Gasteiger partial charge in [0.15, 0.2) is 0 Å². The van der Waals surface area contributed by atoms with E-state index in [0.717, 1.165) is 19.4 Å². The summed E-state index contributed by atoms with van der Waals surface area (Å²) in [6.45, 7) is 9.01. The fourth-order valence-corrected chi connectivity index (χ4v) is 5.74. The lowest BCUT2D eigenvalue weighted by Gasteiger charge is -2.38. The van der Waals surface area contributed by atoms with Gasteiger partial charge in [0.2, 0.25) is 10.0 Å². The van der Waals surface area contributed by atoms with Gasteiger partial charge in [0.05, 0.1) is 0 Å². The zero-order valence-corrected chi connectivity index (χ0v) is 19.3. The number of hydrogen-bond acceptors (Lipinski definition) is 5. The van der Waals surface area contributed by atoms with Crippen molar-refractivity contribution in [1.82, 2.24) is 14.2 Å². The van der Waals surface area contributed by atoms with Crippen LogP contribution >= 0.6 is 0 Å². The summed E-state index contributed by atoms with van der Waals surface area (Å²) in [5, 5.41) is 0. The number of halogens is 2. The van der Waals surface area contributed by atoms with Crippen molar-refractivity contribution < 1.29 is 17.2 Å². The van der Waals surface area contributed by atoms with Crippen LogP contribution in [-0.4, -0.2) is 74.3 Å². The van der Waals surface area contributed by atoms with Crippen molar-refractivity contribution in [1.29, 1.82) is 0 Å². The molecule has 3 heterocycles. The number of pyridine rings is 1. The van der Waals surface area contributed by atoms with Crippen LogP contribution in [0.4, 0.5) is 14.6 Å². The summed E-state index contributed by atoms with van der Waals surface area (Å²) < 4.78 is 54.3. The lowest BCUT2D eigenvalue weighted by Crippen LogP contribution is -2.47. The van der Waals surface area contributed by atoms with E-state index in [4.69, 9.17) is 0 Å². The molecule has 0 atom stereocenters. The minimum atomic E-state index is -3.60. The number of hydrogen-bond donors (Lipinski definition) is 0. The predicted octanol–water partition coefficient (Wildman–Crippen LogP) is 3.45. The zero-order valence-electron chi connectivity index (χ0n) is 18.4. The Hall–Kier alpha value is -1.32. The molecule has 2 fully saturated rings. The molecule has 3 rings (SSSR count). The van der Waals surface area contributed by atoms with E-state index in [1.54, 1.807) is 17.0 Å². The van der Waals surface area contributed by atoms with Crippen LogP contribution in [0, 0.1) is 5.41 Å². The maximum absolute atomic E-state index is 13.3. The molecule has 0 aromatic carbocycles. The molecule has 2 aliphatic heterocycles. The van der Waals surface area contributed by atoms with Crippen LogP contribution in [0.15, 0.2) is 23.2 Å². The van der Waals surface area contributed by atoms with Gasteiger partial charge in [-0.15, -0.1) is 0 Å². The zero-order chi connectivity index (χ0) is 22.2. The van der Waals surface area contributed by atoms with E-state index in [2.05, 4.69) is 37.7 Å². The first-order valence-corrected chi connectivity index (χ1v) is 12.1. The monoisotopic (exact) mass is 444 g/mol. The van der Waals surface area contributed by atoms with Crippen molar-refractivity contribution >= 4 is 15.8 Å². The third-order valence-corrected chi connectivity index (χ3v) is 7.83. The van der Waals surface area contributed by atoms with Gasteiger partial charge >= 0.3 is 0 Å². The Morgan fingerprint density at radius 3 is 2.23 bits per heavy atom. The third-order valence-electron chi connectivity index (χ3n) is 5.95. The minimum absolute atomic E-state index is 0.162. The standard InChI is InChI=1S/C21H34F2N4O2S/c1-20(2,3)16-25(4)17-7-11-27(12-8-17)30(28,29)18-5-6-19(24-15-18)26-13-9-21(22,23)10-14-26/h5-6,15,17H,7-14,16H2,1-4H3. The van der Waals surface area contributed by atoms with Crippen molar-refractivity contribution in [3.05, 3.63) is 18.3 Å². The molecule has 170 valence electrons. The molecule has 30 heavy (non-hydrogen) atoms. The molecule has 0 saturated carbocycles. The molecular formula is C21H34F2N4O2S. The normalized spacial score (nSPS) is 21.9. The van der Waals surface area contributed by atoms with Gasteiger partial charge < -0.3 is 9.80 Å². The van der Waals surface area contributed by atoms with Crippen LogP contribution in [0.3, 0.4) is 0 Å². The van der Waals surface area contributed by atoms with Crippen molar-refractivity contribution in [3.63, 3.8) is 0 Å². The van der Waals surface area contributed by atoms with Gasteiger partial charge in [-0.1, -0.05) is 20.8 Å². The Bertz CT molecular complexity index is 806. The Morgan fingerprint density at radius 1 is 1.13 bits per heavy atom. The molecular weight excluding hydrogens is 410 g/mol. The quantitative estimate of drug-likeness (QED) is 0.696. The molecule has 0 bridgehead atoms. The molecule has 1 aromatic rings. The van der Waals surface area contributed by atoms with Crippen LogP contribution in [-0.2, 0) is 10.0 Å². The predicted molar refractivity (Wildman–Crippen MR) is 114 cm³/mol. The molecule has 0 aliphatic carbocycles. The molecule has 6 nitrogen and oxygen atoms in total. The first-order chi connectivity index (χ1) is 13.9. The smallest absolute Gasteiger partial charge is 0.251 e. The highest BCUT2D eigenvalue weighted by Crippen LogP contribution is 2.30. The van der Waals surface area contributed by atoms with Crippen molar-refractivity contribution in [2.45, 2.75) is 63.3 Å². The Kier molecular flexibility index (Phi) is 6.74. The number of sulfonamides is 1. The van der Waals surface area contributed by atoms with Gasteiger partial charge in [-0.25, -0.2) is 22.2 Å². The highest BCUT2D eigenvalue weighted by atomic mass is 32.2. The molecule has 0 spiro atoms. The number of aromatic nitrogens is 1. The first-order valence-electron chi connectivity index (χ1n) is 10.7. The summed E-state index contributed by atoms with van der Waals surface area (Å²) in [7, 11) is -1.49. The number of piperidine rings is 2. The summed E-state index contributed by atoms with van der Waals surface area (Å²) in [5.74, 6) is -2.07. The molecule has 2 aliphatic rings. The van der Waals surface area contributed by atoms with Gasteiger partial charge in [-0.05, 0) is 37.4 Å². The van der Waals surface area contributed by atoms with Gasteiger partial charge in [-0.3, -0.25) is 0 Å². The van der Waals surface area contributed by atoms with Crippen LogP contribution < -0.4 is 4.90 Å². The number of anilines is 1. The average Bonchev–Trinajstić information content (AvgIpc) is 2.67. The largest absolute Gasteiger partial charge is 0.356 e. The van der Waals surface area contributed by atoms with Crippen LogP contribution in [0.5, 0.6) is 0 Å². The van der Waals surface area contributed by atoms with E-state index in [1.807, 2.05) is 0 Å². The maximum Gasteiger partial charge on any atom is 0.251 e. The van der Waals surface area contributed by atoms with E-state index < -0.39 is 15.9 Å². The number of rotatable bonds is 5. The topological polar surface area (TPSA) is 56.8 Å². The Labute approximate surface area is 179 Å². The van der Waals surface area contributed by atoms with Crippen LogP contribution in [0.25, 0.3) is 0 Å². The van der Waals surface area contributed by atoms with E-state index in [1.165, 1.54) is 10.5 Å². The van der Waals surface area contributed by atoms with Gasteiger partial charge in [-0.2, -0.15) is 4.31 Å². The second-order valence-electron chi connectivity index (χ2n) is 9.81. The highest BCUT2D eigenvalue weighted by molar-refractivity contribution is 7.89. The second-order valence-corrected chi connectivity index (χ2v) is 11.7. The fraction of sp³-hybridized carbons (Fsp3) is 0.762. The molecule has 9 heteroatoms. The van der Waals surface area contributed by atoms with Crippen molar-refractivity contribution in [3.8, 4) is 0 Å². The van der Waals surface area contributed by atoms with Gasteiger partial charge in [0.25, 0.3) is 5.92 Å². The molecule has 2 saturated heterocycles. The molecule has 0 radical (unpaired) electrons. The Balaban J connectivity index is 1.60. The van der Waals surface area contributed by atoms with E-state index in [-0.39, 0.29) is 36.2 Å². The lowest BCUT2D eigenvalue weighted by molar-refractivity contribution is -0.0221. The summed E-state index contributed by atoms with van der Waals surface area (Å²) in [6, 6.07) is 3.55. The number of nitrogens with zero attached hydrogens (tertiary/aromatic N) is 4. The summed E-state index contributed by atoms with van der Waals surface area (Å²) in [5.41, 5.74) is 0.204. The van der Waals surface area contributed by atoms with E-state index in [0.29, 0.717) is 24.9 Å². The van der Waals surface area contributed by atoms with Crippen LogP contribution in [0.2, 0.25) is 0 Å². The van der Waals surface area contributed by atoms with Crippen LogP contribution in [0.1, 0.15) is 46.5 Å². The molecule has 0 unspecified atom stereocenters. The minimum Gasteiger partial charge on any atom is -0.356 e. The van der Waals surface area contributed by atoms with E-state index in [9.17, 15) is 17.2 Å². The van der Waals surface area contributed by atoms with Gasteiger partial charge in [0, 0.05) is 57.8 Å². The first kappa shape index (κ1) is 23.3. The molecule has 0 N–H and O–H groups in total. The highest BCUT2D eigenvalue weighted by Gasteiger charge is 2.35. The van der Waals surface area contributed by atoms with Crippen molar-refractivity contribution in [2.75, 3.05) is 44.7 Å². The third kappa shape index (κ3) is 5.68. The SMILES string of the molecule is CN(CC(C)(C)C)C1CCN(S(=O)(=O)c2ccc(N3CCC(F)(F)CC3)nc2)CC1.